The van der Waals surface area contributed by atoms with E-state index in [1.165, 1.54) is 19.4 Å². The Hall–Kier alpha value is -2.61. The fourth-order valence-corrected chi connectivity index (χ4v) is 4.23. The van der Waals surface area contributed by atoms with E-state index in [9.17, 15) is 28.8 Å². The maximum absolute atomic E-state index is 13.3. The van der Waals surface area contributed by atoms with Gasteiger partial charge in [-0.15, -0.1) is 0 Å². The van der Waals surface area contributed by atoms with Crippen LogP contribution in [0.4, 0.5) is 0 Å². The van der Waals surface area contributed by atoms with Crippen molar-refractivity contribution < 1.29 is 47.3 Å². The SMILES string of the molecule is CO[C@@H]1[C@@H](O)[C@@H](C/C=C/P(=O)(OCOC(=O)C(C)(C)C)OCOC(=O)C(C)(C)C)O[C@H]1n1ccc(=O)[nH]c1=O. The van der Waals surface area contributed by atoms with Crippen LogP contribution in [0, 0.1) is 10.8 Å². The molecule has 14 nitrogen and oxygen atoms in total. The van der Waals surface area contributed by atoms with Gasteiger partial charge in [-0.25, -0.2) is 4.79 Å². The van der Waals surface area contributed by atoms with Crippen LogP contribution in [0.2, 0.25) is 0 Å². The molecule has 0 bridgehead atoms. The van der Waals surface area contributed by atoms with Gasteiger partial charge in [-0.2, -0.15) is 0 Å². The van der Waals surface area contributed by atoms with Gasteiger partial charge in [0.1, 0.15) is 12.2 Å². The highest BCUT2D eigenvalue weighted by Gasteiger charge is 2.45. The number of aliphatic hydroxyl groups excluding tert-OH is 1. The van der Waals surface area contributed by atoms with Crippen molar-refractivity contribution >= 4 is 19.5 Å². The summed E-state index contributed by atoms with van der Waals surface area (Å²) in [7, 11) is -2.79. The third kappa shape index (κ3) is 9.23. The molecule has 0 amide bonds. The molecule has 1 fully saturated rings. The molecule has 0 saturated carbocycles. The molecule has 1 aromatic rings. The normalized spacial score (nSPS) is 22.3. The number of aliphatic hydroxyl groups is 1. The molecule has 2 rings (SSSR count). The summed E-state index contributed by atoms with van der Waals surface area (Å²) in [4.78, 5) is 49.7. The van der Waals surface area contributed by atoms with Gasteiger partial charge in [0.2, 0.25) is 13.6 Å². The fraction of sp³-hybridized carbons (Fsp3) is 0.667. The number of ether oxygens (including phenoxy) is 4. The van der Waals surface area contributed by atoms with Gasteiger partial charge in [0.15, 0.2) is 6.23 Å². The Labute approximate surface area is 225 Å². The predicted octanol–water partition coefficient (Wildman–Crippen LogP) is 2.03. The molecule has 1 saturated heterocycles. The lowest BCUT2D eigenvalue weighted by atomic mass is 9.98. The molecule has 15 heteroatoms. The van der Waals surface area contributed by atoms with Crippen molar-refractivity contribution in [1.82, 2.24) is 9.55 Å². The first-order chi connectivity index (χ1) is 18.0. The topological polar surface area (TPSA) is 182 Å². The third-order valence-corrected chi connectivity index (χ3v) is 6.94. The maximum Gasteiger partial charge on any atom is 0.359 e. The zero-order chi connectivity index (χ0) is 29.6. The van der Waals surface area contributed by atoms with Crippen molar-refractivity contribution in [2.75, 3.05) is 20.7 Å². The van der Waals surface area contributed by atoms with Gasteiger partial charge in [-0.3, -0.25) is 37.5 Å². The van der Waals surface area contributed by atoms with E-state index in [-0.39, 0.29) is 6.42 Å². The summed E-state index contributed by atoms with van der Waals surface area (Å²) in [6.07, 6.45) is -1.60. The largest absolute Gasteiger partial charge is 0.438 e. The van der Waals surface area contributed by atoms with Crippen molar-refractivity contribution in [3.8, 4) is 0 Å². The minimum atomic E-state index is -4.12. The van der Waals surface area contributed by atoms with Crippen molar-refractivity contribution in [3.05, 3.63) is 45.0 Å². The Kier molecular flexibility index (Phi) is 11.0. The molecule has 4 atom stereocenters. The zero-order valence-corrected chi connectivity index (χ0v) is 24.0. The van der Waals surface area contributed by atoms with E-state index in [4.69, 9.17) is 28.0 Å². The van der Waals surface area contributed by atoms with E-state index >= 15 is 0 Å². The van der Waals surface area contributed by atoms with E-state index in [1.807, 2.05) is 0 Å². The molecule has 0 aliphatic carbocycles. The highest BCUT2D eigenvalue weighted by molar-refractivity contribution is 7.57. The summed E-state index contributed by atoms with van der Waals surface area (Å²) in [6, 6.07) is 1.13. The quantitative estimate of drug-likeness (QED) is 0.222. The van der Waals surface area contributed by atoms with E-state index in [0.29, 0.717) is 0 Å². The minimum Gasteiger partial charge on any atom is -0.438 e. The number of methoxy groups -OCH3 is 1. The van der Waals surface area contributed by atoms with Crippen LogP contribution in [0.1, 0.15) is 54.2 Å². The first-order valence-corrected chi connectivity index (χ1v) is 13.7. The van der Waals surface area contributed by atoms with Crippen LogP contribution >= 0.6 is 7.60 Å². The molecule has 0 spiro atoms. The van der Waals surface area contributed by atoms with Crippen molar-refractivity contribution in [1.29, 1.82) is 0 Å². The predicted molar refractivity (Wildman–Crippen MR) is 136 cm³/mol. The second-order valence-electron chi connectivity index (χ2n) is 10.8. The molecule has 0 radical (unpaired) electrons. The first-order valence-electron chi connectivity index (χ1n) is 12.1. The Morgan fingerprint density at radius 2 is 1.62 bits per heavy atom. The summed E-state index contributed by atoms with van der Waals surface area (Å²) >= 11 is 0. The molecule has 2 heterocycles. The number of rotatable bonds is 11. The minimum absolute atomic E-state index is 0.0318. The van der Waals surface area contributed by atoms with Crippen molar-refractivity contribution in [2.45, 2.75) is 72.5 Å². The van der Waals surface area contributed by atoms with Crippen LogP contribution in [-0.2, 0) is 42.1 Å². The van der Waals surface area contributed by atoms with Crippen LogP contribution in [0.3, 0.4) is 0 Å². The number of carbonyl (C=O) groups excluding carboxylic acids is 2. The van der Waals surface area contributed by atoms with Gasteiger partial charge in [0, 0.05) is 25.2 Å². The average Bonchev–Trinajstić information content (AvgIpc) is 3.12. The van der Waals surface area contributed by atoms with Crippen LogP contribution in [-0.4, -0.2) is 65.6 Å². The summed E-state index contributed by atoms with van der Waals surface area (Å²) < 4.78 is 45.9. The van der Waals surface area contributed by atoms with Gasteiger partial charge >= 0.3 is 25.2 Å². The summed E-state index contributed by atoms with van der Waals surface area (Å²) in [5, 5.41) is 10.7. The number of H-pyrrole nitrogens is 1. The molecule has 220 valence electrons. The number of hydrogen-bond acceptors (Lipinski definition) is 12. The third-order valence-electron chi connectivity index (χ3n) is 5.44. The van der Waals surface area contributed by atoms with Crippen LogP contribution < -0.4 is 11.2 Å². The molecule has 39 heavy (non-hydrogen) atoms. The molecule has 0 aromatic carbocycles. The van der Waals surface area contributed by atoms with Gasteiger partial charge < -0.3 is 24.1 Å². The second-order valence-corrected chi connectivity index (χ2v) is 12.7. The number of carbonyl (C=O) groups is 2. The van der Waals surface area contributed by atoms with E-state index in [0.717, 1.165) is 16.5 Å². The number of nitrogens with zero attached hydrogens (tertiary/aromatic N) is 1. The molecule has 1 aliphatic rings. The first kappa shape index (κ1) is 32.6. The number of aromatic nitrogens is 2. The number of hydrogen-bond donors (Lipinski definition) is 2. The maximum atomic E-state index is 13.3. The number of aromatic amines is 1. The second kappa shape index (κ2) is 13.2. The lowest BCUT2D eigenvalue weighted by molar-refractivity contribution is -0.161. The molecular formula is C24H37N2O12P. The van der Waals surface area contributed by atoms with Gasteiger partial charge in [-0.1, -0.05) is 6.08 Å². The van der Waals surface area contributed by atoms with E-state index < -0.39 is 79.7 Å². The zero-order valence-electron chi connectivity index (χ0n) is 23.1. The van der Waals surface area contributed by atoms with E-state index in [2.05, 4.69) is 4.98 Å². The Morgan fingerprint density at radius 1 is 1.08 bits per heavy atom. The average molecular weight is 577 g/mol. The highest BCUT2D eigenvalue weighted by atomic mass is 31.2. The van der Waals surface area contributed by atoms with Crippen LogP contribution in [0.15, 0.2) is 33.7 Å². The summed E-state index contributed by atoms with van der Waals surface area (Å²) in [5.41, 5.74) is -3.01. The van der Waals surface area contributed by atoms with E-state index in [1.54, 1.807) is 41.5 Å². The summed E-state index contributed by atoms with van der Waals surface area (Å²) in [5.74, 6) is -0.150. The van der Waals surface area contributed by atoms with Crippen LogP contribution in [0.5, 0.6) is 0 Å². The standard InChI is InChI=1S/C24H37N2O12P/c1-23(2,3)20(29)34-13-36-39(32,37-14-35-21(30)24(4,5)6)12-8-9-15-17(28)18(33-7)19(38-15)26-11-10-16(27)25-22(26)31/h8,10-12,15,17-19,28H,9,13-14H2,1-7H3,(H,25,27,31)/b12-8+/t15-,17+,18-,19-/m1/s1. The highest BCUT2D eigenvalue weighted by Crippen LogP contribution is 2.50. The lowest BCUT2D eigenvalue weighted by Gasteiger charge is -2.20. The van der Waals surface area contributed by atoms with Crippen molar-refractivity contribution in [2.24, 2.45) is 10.8 Å². The molecule has 1 aliphatic heterocycles. The molecular weight excluding hydrogens is 539 g/mol. The fourth-order valence-electron chi connectivity index (χ4n) is 3.21. The molecule has 2 N–H and O–H groups in total. The Morgan fingerprint density at radius 3 is 2.08 bits per heavy atom. The van der Waals surface area contributed by atoms with Gasteiger partial charge in [0.05, 0.1) is 16.9 Å². The van der Waals surface area contributed by atoms with Gasteiger partial charge in [0.25, 0.3) is 5.56 Å². The Bertz CT molecular complexity index is 1160. The monoisotopic (exact) mass is 576 g/mol. The van der Waals surface area contributed by atoms with Gasteiger partial charge in [-0.05, 0) is 48.0 Å². The Balaban J connectivity index is 2.13. The lowest BCUT2D eigenvalue weighted by Crippen LogP contribution is -2.38. The summed E-state index contributed by atoms with van der Waals surface area (Å²) in [6.45, 7) is 8.39. The van der Waals surface area contributed by atoms with Crippen molar-refractivity contribution in [3.63, 3.8) is 0 Å². The number of nitrogens with one attached hydrogen (secondary N) is 1. The molecule has 0 unspecified atom stereocenters. The number of esters is 2. The smallest absolute Gasteiger partial charge is 0.359 e. The molecule has 1 aromatic heterocycles. The van der Waals surface area contributed by atoms with Crippen LogP contribution in [0.25, 0.3) is 0 Å².